The minimum absolute atomic E-state index is 0.0598. The molecule has 0 aliphatic carbocycles. The molecular formula is C25H23N3O5S. The van der Waals surface area contributed by atoms with Gasteiger partial charge in [-0.2, -0.15) is 0 Å². The number of fused-ring (bicyclic) bond motifs is 1. The predicted octanol–water partition coefficient (Wildman–Crippen LogP) is 4.78. The number of sulfone groups is 1. The third kappa shape index (κ3) is 4.69. The topological polar surface area (TPSA) is 111 Å². The molecule has 0 radical (unpaired) electrons. The number of aromatic nitrogens is 1. The lowest BCUT2D eigenvalue weighted by Gasteiger charge is -2.09. The summed E-state index contributed by atoms with van der Waals surface area (Å²) >= 11 is 0. The molecule has 1 heterocycles. The minimum atomic E-state index is -3.67. The maximum atomic E-state index is 13.3. The Kier molecular flexibility index (Phi) is 6.21. The molecule has 0 aliphatic rings. The van der Waals surface area contributed by atoms with Crippen LogP contribution in [0, 0.1) is 24.0 Å². The van der Waals surface area contributed by atoms with E-state index in [1.165, 1.54) is 24.4 Å². The van der Waals surface area contributed by atoms with Crippen molar-refractivity contribution < 1.29 is 18.1 Å². The van der Waals surface area contributed by atoms with Crippen LogP contribution in [-0.2, 0) is 26.9 Å². The molecule has 0 unspecified atom stereocenters. The summed E-state index contributed by atoms with van der Waals surface area (Å²) in [7, 11) is -3.67. The van der Waals surface area contributed by atoms with Crippen LogP contribution >= 0.6 is 0 Å². The van der Waals surface area contributed by atoms with Crippen LogP contribution < -0.4 is 5.32 Å². The van der Waals surface area contributed by atoms with E-state index in [9.17, 15) is 23.3 Å². The average molecular weight is 478 g/mol. The highest BCUT2D eigenvalue weighted by Gasteiger charge is 2.23. The summed E-state index contributed by atoms with van der Waals surface area (Å²) < 4.78 is 28.2. The van der Waals surface area contributed by atoms with E-state index in [1.807, 2.05) is 25.1 Å². The Morgan fingerprint density at radius 3 is 2.41 bits per heavy atom. The van der Waals surface area contributed by atoms with Gasteiger partial charge < -0.3 is 9.88 Å². The lowest BCUT2D eigenvalue weighted by atomic mass is 10.1. The Balaban J connectivity index is 1.63. The first kappa shape index (κ1) is 23.2. The summed E-state index contributed by atoms with van der Waals surface area (Å²) in [6.45, 7) is 3.43. The van der Waals surface area contributed by atoms with Crippen molar-refractivity contribution in [3.63, 3.8) is 0 Å². The quantitative estimate of drug-likeness (QED) is 0.304. The molecule has 174 valence electrons. The highest BCUT2D eigenvalue weighted by molar-refractivity contribution is 7.90. The fourth-order valence-electron chi connectivity index (χ4n) is 3.89. The number of nitro benzene ring substituents is 1. The summed E-state index contributed by atoms with van der Waals surface area (Å²) in [6, 6.07) is 18.6. The van der Waals surface area contributed by atoms with E-state index >= 15 is 0 Å². The molecule has 3 aromatic carbocycles. The third-order valence-corrected chi connectivity index (χ3v) is 7.39. The van der Waals surface area contributed by atoms with Crippen LogP contribution in [-0.4, -0.2) is 23.8 Å². The number of aryl methyl sites for hydroxylation is 2. The molecule has 34 heavy (non-hydrogen) atoms. The number of para-hydroxylation sites is 1. The first-order chi connectivity index (χ1) is 16.2. The molecule has 0 spiro atoms. The van der Waals surface area contributed by atoms with Crippen molar-refractivity contribution in [2.24, 2.45) is 0 Å². The lowest BCUT2D eigenvalue weighted by Crippen LogP contribution is -2.19. The SMILES string of the molecule is Cc1ccccc1CS(=O)(=O)c1cn(CC(=O)Nc2ccc([N+](=O)[O-])cc2C)c2ccccc12. The standard InChI is InChI=1S/C25H23N3O5S/c1-17-7-3-4-8-19(17)16-34(32,33)24-14-27(23-10-6-5-9-21(23)24)15-25(29)26-22-12-11-20(28(30)31)13-18(22)2/h3-14H,15-16H2,1-2H3,(H,26,29). The molecule has 4 rings (SSSR count). The molecule has 0 saturated heterocycles. The summed E-state index contributed by atoms with van der Waals surface area (Å²) in [5.41, 5.74) is 3.20. The Hall–Kier alpha value is -3.98. The number of hydrogen-bond donors (Lipinski definition) is 1. The average Bonchev–Trinajstić information content (AvgIpc) is 3.16. The minimum Gasteiger partial charge on any atom is -0.337 e. The van der Waals surface area contributed by atoms with Gasteiger partial charge in [0, 0.05) is 34.9 Å². The van der Waals surface area contributed by atoms with Gasteiger partial charge in [-0.1, -0.05) is 42.5 Å². The zero-order chi connectivity index (χ0) is 24.5. The van der Waals surface area contributed by atoms with Crippen molar-refractivity contribution in [2.75, 3.05) is 5.32 Å². The van der Waals surface area contributed by atoms with Gasteiger partial charge in [-0.05, 0) is 42.7 Å². The second-order valence-corrected chi connectivity index (χ2v) is 10.1. The van der Waals surface area contributed by atoms with Crippen LogP contribution in [0.3, 0.4) is 0 Å². The number of nitrogens with zero attached hydrogens (tertiary/aromatic N) is 2. The third-order valence-electron chi connectivity index (χ3n) is 5.70. The number of amides is 1. The van der Waals surface area contributed by atoms with Gasteiger partial charge in [0.2, 0.25) is 5.91 Å². The molecule has 0 saturated carbocycles. The van der Waals surface area contributed by atoms with E-state index in [4.69, 9.17) is 0 Å². The molecule has 1 aromatic heterocycles. The van der Waals surface area contributed by atoms with Gasteiger partial charge in [-0.25, -0.2) is 8.42 Å². The molecule has 8 nitrogen and oxygen atoms in total. The summed E-state index contributed by atoms with van der Waals surface area (Å²) in [5, 5.41) is 14.2. The van der Waals surface area contributed by atoms with Crippen LogP contribution in [0.2, 0.25) is 0 Å². The Labute approximate surface area is 196 Å². The van der Waals surface area contributed by atoms with E-state index < -0.39 is 14.8 Å². The number of carbonyl (C=O) groups excluding carboxylic acids is 1. The number of non-ortho nitro benzene ring substituents is 1. The maximum Gasteiger partial charge on any atom is 0.269 e. The maximum absolute atomic E-state index is 13.3. The molecular weight excluding hydrogens is 454 g/mol. The van der Waals surface area contributed by atoms with E-state index in [-0.39, 0.29) is 28.8 Å². The number of nitro groups is 1. The molecule has 0 atom stereocenters. The van der Waals surface area contributed by atoms with Crippen LogP contribution in [0.5, 0.6) is 0 Å². The van der Waals surface area contributed by atoms with Gasteiger partial charge in [0.25, 0.3) is 5.69 Å². The van der Waals surface area contributed by atoms with Gasteiger partial charge in [0.1, 0.15) is 6.54 Å². The number of carbonyl (C=O) groups is 1. The highest BCUT2D eigenvalue weighted by Crippen LogP contribution is 2.29. The van der Waals surface area contributed by atoms with Crippen molar-refractivity contribution in [2.45, 2.75) is 31.0 Å². The van der Waals surface area contributed by atoms with E-state index in [1.54, 1.807) is 41.8 Å². The summed E-state index contributed by atoms with van der Waals surface area (Å²) in [4.78, 5) is 23.4. The molecule has 9 heteroatoms. The molecule has 0 bridgehead atoms. The molecule has 0 fully saturated rings. The highest BCUT2D eigenvalue weighted by atomic mass is 32.2. The van der Waals surface area contributed by atoms with Crippen molar-refractivity contribution in [3.8, 4) is 0 Å². The zero-order valence-electron chi connectivity index (χ0n) is 18.7. The Morgan fingerprint density at radius 2 is 1.71 bits per heavy atom. The van der Waals surface area contributed by atoms with Gasteiger partial charge in [-0.15, -0.1) is 0 Å². The second-order valence-electron chi connectivity index (χ2n) is 8.13. The lowest BCUT2D eigenvalue weighted by molar-refractivity contribution is -0.384. The zero-order valence-corrected chi connectivity index (χ0v) is 19.5. The monoisotopic (exact) mass is 477 g/mol. The van der Waals surface area contributed by atoms with Crippen molar-refractivity contribution >= 4 is 38.0 Å². The van der Waals surface area contributed by atoms with Gasteiger partial charge in [0.15, 0.2) is 9.84 Å². The van der Waals surface area contributed by atoms with Crippen molar-refractivity contribution in [3.05, 3.63) is 99.7 Å². The van der Waals surface area contributed by atoms with Crippen LogP contribution in [0.25, 0.3) is 10.9 Å². The number of anilines is 1. The van der Waals surface area contributed by atoms with Gasteiger partial charge in [0.05, 0.1) is 15.6 Å². The second kappa shape index (κ2) is 9.11. The van der Waals surface area contributed by atoms with E-state index in [0.29, 0.717) is 22.2 Å². The predicted molar refractivity (Wildman–Crippen MR) is 130 cm³/mol. The molecule has 4 aromatic rings. The number of hydrogen-bond acceptors (Lipinski definition) is 5. The Bertz CT molecular complexity index is 1520. The van der Waals surface area contributed by atoms with Gasteiger partial charge >= 0.3 is 0 Å². The molecule has 1 N–H and O–H groups in total. The van der Waals surface area contributed by atoms with Crippen LogP contribution in [0.15, 0.2) is 77.8 Å². The van der Waals surface area contributed by atoms with Crippen molar-refractivity contribution in [1.29, 1.82) is 0 Å². The number of rotatable bonds is 7. The summed E-state index contributed by atoms with van der Waals surface area (Å²) in [6.07, 6.45) is 1.50. The fourth-order valence-corrected chi connectivity index (χ4v) is 5.58. The van der Waals surface area contributed by atoms with Crippen LogP contribution in [0.4, 0.5) is 11.4 Å². The number of nitrogens with one attached hydrogen (secondary N) is 1. The smallest absolute Gasteiger partial charge is 0.269 e. The first-order valence-corrected chi connectivity index (χ1v) is 12.2. The van der Waals surface area contributed by atoms with Crippen LogP contribution in [0.1, 0.15) is 16.7 Å². The largest absolute Gasteiger partial charge is 0.337 e. The van der Waals surface area contributed by atoms with E-state index in [2.05, 4.69) is 5.32 Å². The van der Waals surface area contributed by atoms with E-state index in [0.717, 1.165) is 11.1 Å². The fraction of sp³-hybridized carbons (Fsp3) is 0.160. The van der Waals surface area contributed by atoms with Gasteiger partial charge in [-0.3, -0.25) is 14.9 Å². The van der Waals surface area contributed by atoms with Crippen molar-refractivity contribution in [1.82, 2.24) is 4.57 Å². The molecule has 1 amide bonds. The Morgan fingerprint density at radius 1 is 1.00 bits per heavy atom. The molecule has 0 aliphatic heterocycles. The number of benzene rings is 3. The summed E-state index contributed by atoms with van der Waals surface area (Å²) in [5.74, 6) is -0.512. The normalized spacial score (nSPS) is 11.5. The first-order valence-electron chi connectivity index (χ1n) is 10.6.